The number of carbonyl (C=O) groups is 1. The molecule has 0 rings (SSSR count). The van der Waals surface area contributed by atoms with Crippen LogP contribution in [0.3, 0.4) is 0 Å². The number of nitrogens with one attached hydrogen (secondary N) is 2. The molecule has 5 heteroatoms. The zero-order chi connectivity index (χ0) is 12.4. The maximum absolute atomic E-state index is 11.3. The lowest BCUT2D eigenvalue weighted by Crippen LogP contribution is -2.39. The first-order chi connectivity index (χ1) is 7.61. The summed E-state index contributed by atoms with van der Waals surface area (Å²) in [5.74, 6) is 0.912. The van der Waals surface area contributed by atoms with E-state index in [1.165, 1.54) is 0 Å². The molecule has 2 N–H and O–H groups in total. The molecule has 0 aliphatic carbocycles. The fourth-order valence-electron chi connectivity index (χ4n) is 1.08. The minimum absolute atomic E-state index is 0.124. The van der Waals surface area contributed by atoms with Gasteiger partial charge in [0.25, 0.3) is 0 Å². The van der Waals surface area contributed by atoms with E-state index >= 15 is 0 Å². The predicted molar refractivity (Wildman–Crippen MR) is 67.6 cm³/mol. The van der Waals surface area contributed by atoms with Crippen molar-refractivity contribution < 1.29 is 4.79 Å². The highest BCUT2D eigenvalue weighted by atomic mass is 16.2. The van der Waals surface area contributed by atoms with E-state index in [9.17, 15) is 4.79 Å². The van der Waals surface area contributed by atoms with Crippen molar-refractivity contribution in [2.24, 2.45) is 4.99 Å². The summed E-state index contributed by atoms with van der Waals surface area (Å²) >= 11 is 0. The molecule has 0 bridgehead atoms. The Kier molecular flexibility index (Phi) is 8.29. The van der Waals surface area contributed by atoms with E-state index in [2.05, 4.69) is 22.5 Å². The molecular weight excluding hydrogens is 204 g/mol. The normalized spacial score (nSPS) is 11.1. The molecular formula is C11H24N4O. The van der Waals surface area contributed by atoms with Crippen molar-refractivity contribution in [2.75, 3.05) is 33.7 Å². The van der Waals surface area contributed by atoms with E-state index in [-0.39, 0.29) is 5.91 Å². The number of rotatable bonds is 6. The van der Waals surface area contributed by atoms with Crippen LogP contribution in [-0.2, 0) is 4.79 Å². The standard InChI is InChI=1S/C11H24N4O/c1-5-8-13-11(12-6-2)14-9-7-10(16)15(3)4/h5-9H2,1-4H3,(H2,12,13,14). The number of carbonyl (C=O) groups excluding carboxylic acids is 1. The molecule has 16 heavy (non-hydrogen) atoms. The Morgan fingerprint density at radius 3 is 2.44 bits per heavy atom. The number of hydrogen-bond donors (Lipinski definition) is 2. The molecule has 94 valence electrons. The number of nitrogens with zero attached hydrogens (tertiary/aromatic N) is 2. The third-order valence-electron chi connectivity index (χ3n) is 1.97. The van der Waals surface area contributed by atoms with Crippen molar-refractivity contribution in [3.8, 4) is 0 Å². The molecule has 0 aliphatic heterocycles. The molecule has 0 aromatic carbocycles. The van der Waals surface area contributed by atoms with Crippen LogP contribution in [0.1, 0.15) is 26.7 Å². The monoisotopic (exact) mass is 228 g/mol. The average Bonchev–Trinajstić information content (AvgIpc) is 2.25. The van der Waals surface area contributed by atoms with Crippen LogP contribution in [0.2, 0.25) is 0 Å². The summed E-state index contributed by atoms with van der Waals surface area (Å²) in [6, 6.07) is 0. The van der Waals surface area contributed by atoms with Gasteiger partial charge in [0.05, 0.1) is 0 Å². The van der Waals surface area contributed by atoms with Crippen LogP contribution in [0, 0.1) is 0 Å². The number of hydrogen-bond acceptors (Lipinski definition) is 2. The zero-order valence-electron chi connectivity index (χ0n) is 10.8. The van der Waals surface area contributed by atoms with E-state index in [1.54, 1.807) is 19.0 Å². The molecule has 0 unspecified atom stereocenters. The smallest absolute Gasteiger partial charge is 0.223 e. The Morgan fingerprint density at radius 2 is 1.94 bits per heavy atom. The number of aliphatic imine (C=N–C) groups is 1. The van der Waals surface area contributed by atoms with Crippen LogP contribution >= 0.6 is 0 Å². The van der Waals surface area contributed by atoms with Gasteiger partial charge in [-0.2, -0.15) is 0 Å². The Morgan fingerprint density at radius 1 is 1.25 bits per heavy atom. The highest BCUT2D eigenvalue weighted by Gasteiger charge is 2.03. The lowest BCUT2D eigenvalue weighted by Gasteiger charge is -2.13. The maximum atomic E-state index is 11.3. The van der Waals surface area contributed by atoms with Gasteiger partial charge in [-0.05, 0) is 13.3 Å². The van der Waals surface area contributed by atoms with Gasteiger partial charge < -0.3 is 15.5 Å². The molecule has 0 aromatic heterocycles. The molecule has 0 saturated heterocycles. The summed E-state index contributed by atoms with van der Waals surface area (Å²) in [7, 11) is 3.53. The van der Waals surface area contributed by atoms with Gasteiger partial charge in [0.15, 0.2) is 5.96 Å². The van der Waals surface area contributed by atoms with Crippen molar-refractivity contribution in [2.45, 2.75) is 26.7 Å². The second-order valence-electron chi connectivity index (χ2n) is 3.73. The van der Waals surface area contributed by atoms with E-state index in [4.69, 9.17) is 0 Å². The minimum Gasteiger partial charge on any atom is -0.357 e. The van der Waals surface area contributed by atoms with Gasteiger partial charge in [0.1, 0.15) is 0 Å². The third kappa shape index (κ3) is 7.09. The zero-order valence-corrected chi connectivity index (χ0v) is 10.8. The Balaban J connectivity index is 3.88. The average molecular weight is 228 g/mol. The Bertz CT molecular complexity index is 226. The summed E-state index contributed by atoms with van der Waals surface area (Å²) in [5, 5.41) is 6.27. The topological polar surface area (TPSA) is 56.7 Å². The van der Waals surface area contributed by atoms with Gasteiger partial charge in [-0.25, -0.2) is 0 Å². The van der Waals surface area contributed by atoms with Crippen molar-refractivity contribution in [3.05, 3.63) is 0 Å². The predicted octanol–water partition coefficient (Wildman–Crippen LogP) is 0.430. The van der Waals surface area contributed by atoms with Crippen LogP contribution in [-0.4, -0.2) is 50.5 Å². The summed E-state index contributed by atoms with van der Waals surface area (Å²) in [5.41, 5.74) is 0. The van der Waals surface area contributed by atoms with Crippen LogP contribution in [0.15, 0.2) is 4.99 Å². The first-order valence-corrected chi connectivity index (χ1v) is 5.84. The van der Waals surface area contributed by atoms with Crippen molar-refractivity contribution in [1.82, 2.24) is 15.5 Å². The van der Waals surface area contributed by atoms with Gasteiger partial charge in [-0.15, -0.1) is 0 Å². The largest absolute Gasteiger partial charge is 0.357 e. The van der Waals surface area contributed by atoms with Gasteiger partial charge in [-0.1, -0.05) is 6.92 Å². The SMILES string of the molecule is CCCN=C(NCC)NCCC(=O)N(C)C. The molecule has 0 aliphatic rings. The molecule has 0 atom stereocenters. The summed E-state index contributed by atoms with van der Waals surface area (Å²) < 4.78 is 0. The summed E-state index contributed by atoms with van der Waals surface area (Å²) in [6.45, 7) is 6.36. The summed E-state index contributed by atoms with van der Waals surface area (Å²) in [4.78, 5) is 17.3. The highest BCUT2D eigenvalue weighted by Crippen LogP contribution is 1.85. The van der Waals surface area contributed by atoms with Gasteiger partial charge in [0, 0.05) is 40.2 Å². The van der Waals surface area contributed by atoms with Crippen LogP contribution in [0.5, 0.6) is 0 Å². The molecule has 0 fully saturated rings. The Hall–Kier alpha value is -1.26. The second-order valence-corrected chi connectivity index (χ2v) is 3.73. The van der Waals surface area contributed by atoms with Crippen molar-refractivity contribution >= 4 is 11.9 Å². The lowest BCUT2D eigenvalue weighted by molar-refractivity contribution is -0.128. The number of guanidine groups is 1. The first-order valence-electron chi connectivity index (χ1n) is 5.84. The molecule has 0 spiro atoms. The van der Waals surface area contributed by atoms with Gasteiger partial charge in [0.2, 0.25) is 5.91 Å². The first kappa shape index (κ1) is 14.7. The van der Waals surface area contributed by atoms with Crippen molar-refractivity contribution in [3.63, 3.8) is 0 Å². The fraction of sp³-hybridized carbons (Fsp3) is 0.818. The van der Waals surface area contributed by atoms with Crippen LogP contribution < -0.4 is 10.6 Å². The molecule has 0 aromatic rings. The third-order valence-corrected chi connectivity index (χ3v) is 1.97. The van der Waals surface area contributed by atoms with Crippen LogP contribution in [0.4, 0.5) is 0 Å². The lowest BCUT2D eigenvalue weighted by atomic mass is 10.4. The van der Waals surface area contributed by atoms with Crippen molar-refractivity contribution in [1.29, 1.82) is 0 Å². The fourth-order valence-corrected chi connectivity index (χ4v) is 1.08. The van der Waals surface area contributed by atoms with E-state index in [1.807, 2.05) is 6.92 Å². The molecule has 5 nitrogen and oxygen atoms in total. The van der Waals surface area contributed by atoms with Gasteiger partial charge >= 0.3 is 0 Å². The molecule has 0 radical (unpaired) electrons. The van der Waals surface area contributed by atoms with E-state index in [0.717, 1.165) is 25.5 Å². The maximum Gasteiger partial charge on any atom is 0.223 e. The molecule has 0 saturated carbocycles. The van der Waals surface area contributed by atoms with E-state index in [0.29, 0.717) is 13.0 Å². The second kappa shape index (κ2) is 9.00. The van der Waals surface area contributed by atoms with Crippen LogP contribution in [0.25, 0.3) is 0 Å². The summed E-state index contributed by atoms with van der Waals surface area (Å²) in [6.07, 6.45) is 1.51. The Labute approximate surface area is 98.3 Å². The minimum atomic E-state index is 0.124. The van der Waals surface area contributed by atoms with Gasteiger partial charge in [-0.3, -0.25) is 9.79 Å². The molecule has 0 heterocycles. The highest BCUT2D eigenvalue weighted by molar-refractivity contribution is 5.81. The number of amides is 1. The molecule has 1 amide bonds. The van der Waals surface area contributed by atoms with E-state index < -0.39 is 0 Å². The quantitative estimate of drug-likeness (QED) is 0.512.